The molecule has 1 N–H and O–H groups in total. The summed E-state index contributed by atoms with van der Waals surface area (Å²) in [5, 5.41) is 10.8. The van der Waals surface area contributed by atoms with Crippen LogP contribution in [0, 0.1) is 17.8 Å². The second-order valence-corrected chi connectivity index (χ2v) is 7.66. The van der Waals surface area contributed by atoms with E-state index in [9.17, 15) is 14.7 Å². The van der Waals surface area contributed by atoms with Crippen LogP contribution in [0.15, 0.2) is 34.9 Å². The maximum Gasteiger partial charge on any atom is 0.333 e. The van der Waals surface area contributed by atoms with E-state index in [1.54, 1.807) is 32.9 Å². The molecule has 136 valence electrons. The summed E-state index contributed by atoms with van der Waals surface area (Å²) < 4.78 is 11.5. The van der Waals surface area contributed by atoms with Crippen molar-refractivity contribution in [1.82, 2.24) is 0 Å². The lowest BCUT2D eigenvalue weighted by atomic mass is 9.76. The van der Waals surface area contributed by atoms with E-state index < -0.39 is 17.8 Å². The summed E-state index contributed by atoms with van der Waals surface area (Å²) in [6.45, 7) is 9.04. The molecule has 3 aliphatic rings. The molecular formula is C20H26O5. The Kier molecular flexibility index (Phi) is 4.40. The van der Waals surface area contributed by atoms with Gasteiger partial charge in [0.05, 0.1) is 17.4 Å². The minimum absolute atomic E-state index is 0.273. The molecule has 1 saturated heterocycles. The van der Waals surface area contributed by atoms with Crippen LogP contribution in [0.1, 0.15) is 41.0 Å². The average molecular weight is 346 g/mol. The normalized spacial score (nSPS) is 40.5. The van der Waals surface area contributed by atoms with Gasteiger partial charge in [0.15, 0.2) is 0 Å². The van der Waals surface area contributed by atoms with Gasteiger partial charge in [-0.1, -0.05) is 30.7 Å². The number of allylic oxidation sites excluding steroid dienone is 2. The molecule has 0 aromatic carbocycles. The second kappa shape index (κ2) is 6.13. The molecule has 0 amide bonds. The zero-order valence-electron chi connectivity index (χ0n) is 15.4. The molecule has 0 saturated carbocycles. The maximum atomic E-state index is 12.3. The van der Waals surface area contributed by atoms with Gasteiger partial charge in [0, 0.05) is 17.9 Å². The first kappa shape index (κ1) is 17.9. The van der Waals surface area contributed by atoms with Gasteiger partial charge in [-0.2, -0.15) is 0 Å². The van der Waals surface area contributed by atoms with Gasteiger partial charge in [0.2, 0.25) is 0 Å². The Labute approximate surface area is 148 Å². The Hall–Kier alpha value is -1.88. The highest BCUT2D eigenvalue weighted by Gasteiger charge is 2.57. The summed E-state index contributed by atoms with van der Waals surface area (Å²) in [6.07, 6.45) is 4.98. The molecule has 1 aliphatic heterocycles. The van der Waals surface area contributed by atoms with Crippen molar-refractivity contribution in [2.24, 2.45) is 17.8 Å². The van der Waals surface area contributed by atoms with Crippen molar-refractivity contribution < 1.29 is 24.2 Å². The number of hydrogen-bond donors (Lipinski definition) is 1. The van der Waals surface area contributed by atoms with E-state index in [2.05, 4.69) is 0 Å². The number of rotatable bonds is 2. The highest BCUT2D eigenvalue weighted by Crippen LogP contribution is 2.50. The number of hydrogen-bond acceptors (Lipinski definition) is 5. The van der Waals surface area contributed by atoms with E-state index in [1.165, 1.54) is 0 Å². The van der Waals surface area contributed by atoms with Crippen molar-refractivity contribution in [3.05, 3.63) is 34.9 Å². The van der Waals surface area contributed by atoms with E-state index in [0.717, 1.165) is 11.1 Å². The molecular weight excluding hydrogens is 320 g/mol. The van der Waals surface area contributed by atoms with Crippen molar-refractivity contribution in [3.63, 3.8) is 0 Å². The van der Waals surface area contributed by atoms with Crippen LogP contribution in [0.4, 0.5) is 0 Å². The molecule has 0 radical (unpaired) electrons. The number of carbonyl (C=O) groups excluding carboxylic acids is 2. The third-order valence-electron chi connectivity index (χ3n) is 5.92. The molecule has 1 fully saturated rings. The minimum Gasteiger partial charge on any atom is -0.461 e. The largest absolute Gasteiger partial charge is 0.461 e. The van der Waals surface area contributed by atoms with E-state index >= 15 is 0 Å². The molecule has 2 aliphatic carbocycles. The maximum absolute atomic E-state index is 12.3. The fourth-order valence-corrected chi connectivity index (χ4v) is 4.31. The number of carbonyl (C=O) groups is 2. The Morgan fingerprint density at radius 3 is 2.80 bits per heavy atom. The molecule has 0 aromatic rings. The Bertz CT molecular complexity index is 697. The lowest BCUT2D eigenvalue weighted by Gasteiger charge is -2.34. The van der Waals surface area contributed by atoms with Gasteiger partial charge < -0.3 is 14.6 Å². The summed E-state index contributed by atoms with van der Waals surface area (Å²) in [4.78, 5) is 24.6. The van der Waals surface area contributed by atoms with E-state index in [-0.39, 0.29) is 29.7 Å². The third-order valence-corrected chi connectivity index (χ3v) is 5.92. The highest BCUT2D eigenvalue weighted by atomic mass is 16.6. The summed E-state index contributed by atoms with van der Waals surface area (Å²) in [5.41, 5.74) is 1.51. The Morgan fingerprint density at radius 1 is 1.48 bits per heavy atom. The zero-order chi connectivity index (χ0) is 18.5. The van der Waals surface area contributed by atoms with Crippen molar-refractivity contribution in [3.8, 4) is 0 Å². The van der Waals surface area contributed by atoms with Crippen LogP contribution in [0.5, 0.6) is 0 Å². The lowest BCUT2D eigenvalue weighted by molar-refractivity contribution is -0.150. The topological polar surface area (TPSA) is 72.8 Å². The third kappa shape index (κ3) is 2.84. The van der Waals surface area contributed by atoms with Crippen molar-refractivity contribution in [2.75, 3.05) is 0 Å². The number of ether oxygens (including phenoxy) is 2. The first-order valence-corrected chi connectivity index (χ1v) is 8.83. The van der Waals surface area contributed by atoms with Crippen LogP contribution in [0.2, 0.25) is 0 Å². The second-order valence-electron chi connectivity index (χ2n) is 7.66. The van der Waals surface area contributed by atoms with Gasteiger partial charge in [-0.15, -0.1) is 0 Å². The predicted molar refractivity (Wildman–Crippen MR) is 92.4 cm³/mol. The molecule has 0 bridgehead atoms. The van der Waals surface area contributed by atoms with Gasteiger partial charge in [-0.3, -0.25) is 4.79 Å². The summed E-state index contributed by atoms with van der Waals surface area (Å²) in [5.74, 6) is -1.63. The lowest BCUT2D eigenvalue weighted by Crippen LogP contribution is -2.44. The SMILES string of the molecule is CC=C(C)C(=O)OC1CC(C)=C2C=CC(C)(O)C2C2OC(=O)C(C)C12. The molecule has 5 nitrogen and oxygen atoms in total. The fraction of sp³-hybridized carbons (Fsp3) is 0.600. The van der Waals surface area contributed by atoms with Crippen LogP contribution < -0.4 is 0 Å². The van der Waals surface area contributed by atoms with Gasteiger partial charge >= 0.3 is 11.9 Å². The summed E-state index contributed by atoms with van der Waals surface area (Å²) in [7, 11) is 0. The first-order chi connectivity index (χ1) is 11.7. The Balaban J connectivity index is 2.01. The first-order valence-electron chi connectivity index (χ1n) is 8.83. The summed E-state index contributed by atoms with van der Waals surface area (Å²) >= 11 is 0. The molecule has 6 unspecified atom stereocenters. The summed E-state index contributed by atoms with van der Waals surface area (Å²) in [6, 6.07) is 0. The zero-order valence-corrected chi connectivity index (χ0v) is 15.4. The monoisotopic (exact) mass is 346 g/mol. The number of esters is 2. The highest BCUT2D eigenvalue weighted by molar-refractivity contribution is 5.87. The quantitative estimate of drug-likeness (QED) is 0.615. The van der Waals surface area contributed by atoms with Gasteiger partial charge in [-0.05, 0) is 33.3 Å². The molecule has 5 heteroatoms. The van der Waals surface area contributed by atoms with Crippen molar-refractivity contribution in [1.29, 1.82) is 0 Å². The van der Waals surface area contributed by atoms with Crippen LogP contribution in [-0.4, -0.2) is 34.9 Å². The molecule has 0 spiro atoms. The average Bonchev–Trinajstić information content (AvgIpc) is 2.97. The smallest absolute Gasteiger partial charge is 0.333 e. The van der Waals surface area contributed by atoms with Crippen molar-refractivity contribution in [2.45, 2.75) is 58.8 Å². The minimum atomic E-state index is -1.08. The number of fused-ring (bicyclic) bond motifs is 3. The molecule has 3 rings (SSSR count). The fourth-order valence-electron chi connectivity index (χ4n) is 4.31. The standard InChI is InChI=1S/C20H26O5/c1-6-10(2)18(21)24-14-9-11(3)13-7-8-20(5,23)16(13)17-15(14)12(4)19(22)25-17/h6-8,12,14-17,23H,9H2,1-5H3. The molecule has 6 atom stereocenters. The molecule has 1 heterocycles. The Morgan fingerprint density at radius 2 is 2.16 bits per heavy atom. The van der Waals surface area contributed by atoms with Gasteiger partial charge in [0.1, 0.15) is 12.2 Å². The van der Waals surface area contributed by atoms with Gasteiger partial charge in [-0.25, -0.2) is 4.79 Å². The van der Waals surface area contributed by atoms with Crippen LogP contribution >= 0.6 is 0 Å². The predicted octanol–water partition coefficient (Wildman–Crippen LogP) is 2.70. The van der Waals surface area contributed by atoms with Crippen LogP contribution in [0.25, 0.3) is 0 Å². The van der Waals surface area contributed by atoms with E-state index in [0.29, 0.717) is 12.0 Å². The van der Waals surface area contributed by atoms with E-state index in [1.807, 2.05) is 19.9 Å². The van der Waals surface area contributed by atoms with Crippen LogP contribution in [-0.2, 0) is 19.1 Å². The van der Waals surface area contributed by atoms with Crippen LogP contribution in [0.3, 0.4) is 0 Å². The van der Waals surface area contributed by atoms with E-state index in [4.69, 9.17) is 9.47 Å². The molecule has 0 aromatic heterocycles. The number of aliphatic hydroxyl groups is 1. The van der Waals surface area contributed by atoms with Gasteiger partial charge in [0.25, 0.3) is 0 Å². The molecule has 25 heavy (non-hydrogen) atoms. The van der Waals surface area contributed by atoms with Crippen molar-refractivity contribution >= 4 is 11.9 Å².